The minimum atomic E-state index is 0. The molecule has 0 spiro atoms. The summed E-state index contributed by atoms with van der Waals surface area (Å²) in [6, 6.07) is 21.0. The molecule has 0 aliphatic rings. The van der Waals surface area contributed by atoms with Crippen LogP contribution in [0.3, 0.4) is 0 Å². The molecular formula is C14H17BrNP. The lowest BCUT2D eigenvalue weighted by Crippen LogP contribution is -2.10. The van der Waals surface area contributed by atoms with Gasteiger partial charge in [0.15, 0.2) is 0 Å². The second-order valence-electron chi connectivity index (χ2n) is 3.88. The lowest BCUT2D eigenvalue weighted by Gasteiger charge is -2.16. The van der Waals surface area contributed by atoms with Gasteiger partial charge in [0.25, 0.3) is 0 Å². The van der Waals surface area contributed by atoms with Gasteiger partial charge in [0.1, 0.15) is 0 Å². The summed E-state index contributed by atoms with van der Waals surface area (Å²) < 4.78 is 2.24. The normalized spacial score (nSPS) is 10.0. The molecule has 3 heteroatoms. The first-order chi connectivity index (χ1) is 7.84. The van der Waals surface area contributed by atoms with Crippen molar-refractivity contribution in [3.05, 3.63) is 71.8 Å². The Kier molecular flexibility index (Phi) is 6.43. The standard InChI is InChI=1S/C14H16NP.BrH/c16-15(11-13-7-3-1-4-8-13)12-14-9-5-2-6-10-14;/h1-10H,11-12,16H2;1H. The molecule has 90 valence electrons. The molecule has 0 aliphatic carbocycles. The Balaban J connectivity index is 0.00000144. The Hall–Kier alpha value is -0.690. The first kappa shape index (κ1) is 14.4. The predicted octanol–water partition coefficient (Wildman–Crippen LogP) is 4.06. The van der Waals surface area contributed by atoms with Crippen LogP contribution in [0.5, 0.6) is 0 Å². The summed E-state index contributed by atoms with van der Waals surface area (Å²) in [5.74, 6) is 0. The zero-order valence-corrected chi connectivity index (χ0v) is 12.5. The fourth-order valence-corrected chi connectivity index (χ4v) is 2.11. The fourth-order valence-electron chi connectivity index (χ4n) is 1.69. The Morgan fingerprint density at radius 2 is 1.06 bits per heavy atom. The average molecular weight is 310 g/mol. The summed E-state index contributed by atoms with van der Waals surface area (Å²) >= 11 is 0. The Morgan fingerprint density at radius 3 is 1.41 bits per heavy atom. The monoisotopic (exact) mass is 309 g/mol. The van der Waals surface area contributed by atoms with Crippen molar-refractivity contribution in [3.8, 4) is 0 Å². The smallest absolute Gasteiger partial charge is 0.0271 e. The molecule has 1 nitrogen and oxygen atoms in total. The van der Waals surface area contributed by atoms with Gasteiger partial charge in [-0.3, -0.25) is 4.67 Å². The lowest BCUT2D eigenvalue weighted by atomic mass is 10.2. The van der Waals surface area contributed by atoms with E-state index in [1.807, 2.05) is 12.1 Å². The zero-order valence-electron chi connectivity index (χ0n) is 9.62. The Labute approximate surface area is 116 Å². The highest BCUT2D eigenvalue weighted by molar-refractivity contribution is 8.93. The molecule has 0 radical (unpaired) electrons. The zero-order chi connectivity index (χ0) is 11.2. The second kappa shape index (κ2) is 7.60. The highest BCUT2D eigenvalue weighted by atomic mass is 79.9. The van der Waals surface area contributed by atoms with E-state index in [1.165, 1.54) is 11.1 Å². The highest BCUT2D eigenvalue weighted by Gasteiger charge is 2.00. The molecule has 0 aromatic heterocycles. The maximum absolute atomic E-state index is 2.79. The van der Waals surface area contributed by atoms with Crippen LogP contribution in [-0.2, 0) is 13.1 Å². The van der Waals surface area contributed by atoms with Gasteiger partial charge >= 0.3 is 0 Å². The molecule has 1 atom stereocenters. The van der Waals surface area contributed by atoms with Gasteiger partial charge in [-0.25, -0.2) is 0 Å². The quantitative estimate of drug-likeness (QED) is 0.770. The van der Waals surface area contributed by atoms with Crippen LogP contribution >= 0.6 is 26.4 Å². The molecule has 0 fully saturated rings. The van der Waals surface area contributed by atoms with E-state index in [0.29, 0.717) is 0 Å². The number of rotatable bonds is 4. The van der Waals surface area contributed by atoms with E-state index >= 15 is 0 Å². The maximum Gasteiger partial charge on any atom is 0.0271 e. The maximum atomic E-state index is 2.79. The van der Waals surface area contributed by atoms with Gasteiger partial charge < -0.3 is 0 Å². The van der Waals surface area contributed by atoms with Crippen molar-refractivity contribution in [2.45, 2.75) is 13.1 Å². The van der Waals surface area contributed by atoms with Gasteiger partial charge in [0, 0.05) is 13.1 Å². The summed E-state index contributed by atoms with van der Waals surface area (Å²) in [7, 11) is 2.79. The largest absolute Gasteiger partial charge is 0.279 e. The molecule has 0 heterocycles. The van der Waals surface area contributed by atoms with Crippen LogP contribution in [0.2, 0.25) is 0 Å². The summed E-state index contributed by atoms with van der Waals surface area (Å²) in [6.45, 7) is 1.92. The minimum Gasteiger partial charge on any atom is -0.279 e. The predicted molar refractivity (Wildman–Crippen MR) is 82.2 cm³/mol. The van der Waals surface area contributed by atoms with Gasteiger partial charge in [-0.15, -0.1) is 17.0 Å². The van der Waals surface area contributed by atoms with E-state index in [0.717, 1.165) is 13.1 Å². The van der Waals surface area contributed by atoms with Gasteiger partial charge in [0.2, 0.25) is 0 Å². The number of hydrogen-bond donors (Lipinski definition) is 0. The van der Waals surface area contributed by atoms with Crippen molar-refractivity contribution < 1.29 is 0 Å². The number of benzene rings is 2. The number of halogens is 1. The summed E-state index contributed by atoms with van der Waals surface area (Å²) in [6.07, 6.45) is 0. The second-order valence-corrected chi connectivity index (χ2v) is 4.61. The lowest BCUT2D eigenvalue weighted by molar-refractivity contribution is 0.461. The van der Waals surface area contributed by atoms with Crippen molar-refractivity contribution >= 4 is 26.4 Å². The highest BCUT2D eigenvalue weighted by Crippen LogP contribution is 2.13. The van der Waals surface area contributed by atoms with Crippen molar-refractivity contribution in [1.82, 2.24) is 4.67 Å². The molecule has 0 amide bonds. The Bertz CT molecular complexity index is 377. The van der Waals surface area contributed by atoms with Gasteiger partial charge in [-0.2, -0.15) is 0 Å². The van der Waals surface area contributed by atoms with E-state index in [9.17, 15) is 0 Å². The van der Waals surface area contributed by atoms with Crippen LogP contribution in [0.25, 0.3) is 0 Å². The molecule has 0 saturated heterocycles. The van der Waals surface area contributed by atoms with Crippen LogP contribution in [0, 0.1) is 0 Å². The van der Waals surface area contributed by atoms with Crippen molar-refractivity contribution in [2.24, 2.45) is 0 Å². The fraction of sp³-hybridized carbons (Fsp3) is 0.143. The first-order valence-corrected chi connectivity index (χ1v) is 5.94. The molecule has 2 rings (SSSR count). The molecule has 2 aromatic carbocycles. The molecule has 0 N–H and O–H groups in total. The molecule has 0 bridgehead atoms. The third-order valence-electron chi connectivity index (χ3n) is 2.46. The first-order valence-electron chi connectivity index (χ1n) is 5.42. The van der Waals surface area contributed by atoms with Crippen LogP contribution in [0.4, 0.5) is 0 Å². The van der Waals surface area contributed by atoms with E-state index in [-0.39, 0.29) is 17.0 Å². The average Bonchev–Trinajstić information content (AvgIpc) is 2.31. The summed E-state index contributed by atoms with van der Waals surface area (Å²) in [5, 5.41) is 0. The molecule has 0 saturated carbocycles. The topological polar surface area (TPSA) is 3.24 Å². The van der Waals surface area contributed by atoms with Gasteiger partial charge in [-0.1, -0.05) is 70.1 Å². The summed E-state index contributed by atoms with van der Waals surface area (Å²) in [4.78, 5) is 0. The molecule has 0 aliphatic heterocycles. The SMILES string of the molecule is Br.PN(Cc1ccccc1)Cc1ccccc1. The Morgan fingerprint density at radius 1 is 0.706 bits per heavy atom. The van der Waals surface area contributed by atoms with E-state index in [1.54, 1.807) is 0 Å². The van der Waals surface area contributed by atoms with E-state index < -0.39 is 0 Å². The van der Waals surface area contributed by atoms with Gasteiger partial charge in [-0.05, 0) is 11.1 Å². The van der Waals surface area contributed by atoms with Crippen LogP contribution < -0.4 is 0 Å². The van der Waals surface area contributed by atoms with Crippen LogP contribution in [0.1, 0.15) is 11.1 Å². The number of nitrogens with zero attached hydrogens (tertiary/aromatic N) is 1. The molecular weight excluding hydrogens is 293 g/mol. The van der Waals surface area contributed by atoms with E-state index in [2.05, 4.69) is 62.6 Å². The molecule has 17 heavy (non-hydrogen) atoms. The third kappa shape index (κ3) is 4.99. The summed E-state index contributed by atoms with van der Waals surface area (Å²) in [5.41, 5.74) is 2.68. The van der Waals surface area contributed by atoms with Crippen molar-refractivity contribution in [2.75, 3.05) is 0 Å². The van der Waals surface area contributed by atoms with Crippen LogP contribution in [-0.4, -0.2) is 4.67 Å². The molecule has 1 unspecified atom stereocenters. The number of hydrogen-bond acceptors (Lipinski definition) is 1. The van der Waals surface area contributed by atoms with Gasteiger partial charge in [0.05, 0.1) is 0 Å². The third-order valence-corrected chi connectivity index (χ3v) is 2.82. The van der Waals surface area contributed by atoms with E-state index in [4.69, 9.17) is 0 Å². The molecule has 2 aromatic rings. The van der Waals surface area contributed by atoms with Crippen molar-refractivity contribution in [3.63, 3.8) is 0 Å². The van der Waals surface area contributed by atoms with Crippen molar-refractivity contribution in [1.29, 1.82) is 0 Å². The minimum absolute atomic E-state index is 0. The van der Waals surface area contributed by atoms with Crippen LogP contribution in [0.15, 0.2) is 60.7 Å².